The molecule has 32 heavy (non-hydrogen) atoms. The van der Waals surface area contributed by atoms with E-state index in [1.807, 2.05) is 42.5 Å². The number of benzene rings is 3. The van der Waals surface area contributed by atoms with Crippen LogP contribution in [0.4, 0.5) is 0 Å². The van der Waals surface area contributed by atoms with Gasteiger partial charge in [0.1, 0.15) is 17.2 Å². The van der Waals surface area contributed by atoms with Crippen LogP contribution in [0.15, 0.2) is 78.6 Å². The van der Waals surface area contributed by atoms with Gasteiger partial charge in [-0.3, -0.25) is 4.79 Å². The van der Waals surface area contributed by atoms with Crippen molar-refractivity contribution < 1.29 is 28.5 Å². The van der Waals surface area contributed by atoms with E-state index in [0.29, 0.717) is 22.6 Å². The second-order valence-corrected chi connectivity index (χ2v) is 7.03. The second kappa shape index (κ2) is 9.39. The van der Waals surface area contributed by atoms with Crippen molar-refractivity contribution in [1.29, 1.82) is 0 Å². The Bertz CT molecular complexity index is 1150. The zero-order valence-electron chi connectivity index (χ0n) is 17.7. The first-order valence-electron chi connectivity index (χ1n) is 10.2. The van der Waals surface area contributed by atoms with E-state index in [1.165, 1.54) is 0 Å². The van der Waals surface area contributed by atoms with Crippen LogP contribution in [-0.4, -0.2) is 25.5 Å². The molecule has 3 aromatic rings. The lowest BCUT2D eigenvalue weighted by molar-refractivity contribution is -0.151. The Balaban J connectivity index is 1.57. The minimum atomic E-state index is -0.930. The van der Waals surface area contributed by atoms with Gasteiger partial charge >= 0.3 is 5.97 Å². The molecule has 1 atom stereocenters. The summed E-state index contributed by atoms with van der Waals surface area (Å²) >= 11 is 0. The number of Topliss-reactive ketones (excluding diaryl/α,β-unsaturated/α-hetero) is 1. The van der Waals surface area contributed by atoms with Crippen LogP contribution < -0.4 is 14.2 Å². The summed E-state index contributed by atoms with van der Waals surface area (Å²) < 4.78 is 22.1. The summed E-state index contributed by atoms with van der Waals surface area (Å²) in [6.45, 7) is 1.98. The smallest absolute Gasteiger partial charge is 0.352 e. The van der Waals surface area contributed by atoms with Crippen molar-refractivity contribution in [2.45, 2.75) is 13.0 Å². The van der Waals surface area contributed by atoms with Crippen molar-refractivity contribution in [1.82, 2.24) is 0 Å². The molecule has 0 amide bonds. The highest BCUT2D eigenvalue weighted by Crippen LogP contribution is 2.36. The summed E-state index contributed by atoms with van der Waals surface area (Å²) in [5, 5.41) is 0. The molecule has 0 fully saturated rings. The fourth-order valence-electron chi connectivity index (χ4n) is 3.33. The molecule has 4 rings (SSSR count). The molecule has 1 heterocycles. The van der Waals surface area contributed by atoms with E-state index in [0.717, 1.165) is 11.3 Å². The van der Waals surface area contributed by atoms with Crippen molar-refractivity contribution in [3.63, 3.8) is 0 Å². The summed E-state index contributed by atoms with van der Waals surface area (Å²) in [5.41, 5.74) is 1.91. The summed E-state index contributed by atoms with van der Waals surface area (Å²) in [7, 11) is 1.59. The van der Waals surface area contributed by atoms with Crippen LogP contribution in [0.2, 0.25) is 0 Å². The van der Waals surface area contributed by atoms with Gasteiger partial charge in [-0.2, -0.15) is 0 Å². The van der Waals surface area contributed by atoms with Gasteiger partial charge < -0.3 is 18.9 Å². The number of methoxy groups -OCH3 is 1. The van der Waals surface area contributed by atoms with E-state index in [1.54, 1.807) is 50.4 Å². The quantitative estimate of drug-likeness (QED) is 0.388. The average molecular weight is 430 g/mol. The van der Waals surface area contributed by atoms with Gasteiger partial charge in [-0.15, -0.1) is 0 Å². The van der Waals surface area contributed by atoms with E-state index in [-0.39, 0.29) is 18.1 Å². The first kappa shape index (κ1) is 21.2. The Labute approximate surface area is 186 Å². The summed E-state index contributed by atoms with van der Waals surface area (Å²) in [6.07, 6.45) is 0.744. The molecule has 0 aromatic heterocycles. The molecule has 0 radical (unpaired) electrons. The molecule has 1 aliphatic heterocycles. The molecule has 6 nitrogen and oxygen atoms in total. The fourth-order valence-corrected chi connectivity index (χ4v) is 3.33. The van der Waals surface area contributed by atoms with Gasteiger partial charge in [0.2, 0.25) is 11.9 Å². The summed E-state index contributed by atoms with van der Waals surface area (Å²) in [5.74, 6) is 1.01. The highest BCUT2D eigenvalue weighted by molar-refractivity contribution is 6.14. The normalized spacial score (nSPS) is 14.4. The predicted octanol–water partition coefficient (Wildman–Crippen LogP) is 4.99. The monoisotopic (exact) mass is 430 g/mol. The largest absolute Gasteiger partial charge is 0.497 e. The van der Waals surface area contributed by atoms with Gasteiger partial charge in [-0.1, -0.05) is 42.5 Å². The summed E-state index contributed by atoms with van der Waals surface area (Å²) in [6, 6.07) is 21.3. The van der Waals surface area contributed by atoms with Gasteiger partial charge in [-0.05, 0) is 42.8 Å². The van der Waals surface area contributed by atoms with E-state index in [9.17, 15) is 9.59 Å². The molecule has 3 aromatic carbocycles. The maximum Gasteiger partial charge on any atom is 0.352 e. The van der Waals surface area contributed by atoms with Crippen molar-refractivity contribution in [3.8, 4) is 17.2 Å². The number of hydrogen-bond donors (Lipinski definition) is 0. The fraction of sp³-hybridized carbons (Fsp3) is 0.154. The Hall–Kier alpha value is -4.06. The molecule has 0 N–H and O–H groups in total. The van der Waals surface area contributed by atoms with Crippen LogP contribution in [0.25, 0.3) is 6.08 Å². The number of rotatable bonds is 7. The molecule has 0 saturated carbocycles. The van der Waals surface area contributed by atoms with Crippen molar-refractivity contribution >= 4 is 17.8 Å². The zero-order chi connectivity index (χ0) is 22.5. The minimum absolute atomic E-state index is 0.215. The lowest BCUT2D eigenvalue weighted by Gasteiger charge is -2.18. The molecule has 162 valence electrons. The lowest BCUT2D eigenvalue weighted by atomic mass is 10.1. The predicted molar refractivity (Wildman–Crippen MR) is 119 cm³/mol. The number of ether oxygens (including phenoxy) is 4. The van der Waals surface area contributed by atoms with E-state index < -0.39 is 12.1 Å². The van der Waals surface area contributed by atoms with Gasteiger partial charge in [0.25, 0.3) is 0 Å². The third-order valence-electron chi connectivity index (χ3n) is 4.91. The van der Waals surface area contributed by atoms with Crippen LogP contribution in [0, 0.1) is 0 Å². The number of allylic oxidation sites excluding steroid dienone is 1. The van der Waals surface area contributed by atoms with Crippen LogP contribution >= 0.6 is 0 Å². The topological polar surface area (TPSA) is 71.1 Å². The van der Waals surface area contributed by atoms with E-state index in [2.05, 4.69) is 0 Å². The second-order valence-electron chi connectivity index (χ2n) is 7.03. The van der Waals surface area contributed by atoms with Crippen molar-refractivity contribution in [3.05, 3.63) is 95.2 Å². The molecular formula is C26H22O6. The molecule has 1 aliphatic rings. The Morgan fingerprint density at radius 3 is 2.41 bits per heavy atom. The number of fused-ring (bicyclic) bond motifs is 1. The number of ketones is 1. The highest BCUT2D eigenvalue weighted by atomic mass is 16.6. The third-order valence-corrected chi connectivity index (χ3v) is 4.91. The molecule has 0 spiro atoms. The van der Waals surface area contributed by atoms with Gasteiger partial charge in [0.15, 0.2) is 5.76 Å². The number of carbonyl (C=O) groups is 2. The van der Waals surface area contributed by atoms with Crippen molar-refractivity contribution in [2.24, 2.45) is 0 Å². The Morgan fingerprint density at radius 2 is 1.72 bits per heavy atom. The van der Waals surface area contributed by atoms with Gasteiger partial charge in [-0.25, -0.2) is 4.79 Å². The number of hydrogen-bond acceptors (Lipinski definition) is 6. The van der Waals surface area contributed by atoms with Crippen LogP contribution in [0.3, 0.4) is 0 Å². The van der Waals surface area contributed by atoms with Crippen molar-refractivity contribution in [2.75, 3.05) is 13.7 Å². The molecule has 0 saturated heterocycles. The SMILES string of the molecule is CCOC(=O)C(Oc1ccc2c(c1)OC(=Cc1ccc(OC)cc1)C2=O)c1ccccc1. The standard InChI is InChI=1S/C26H22O6/c1-3-30-26(28)25(18-7-5-4-6-8-18)31-20-13-14-21-22(16-20)32-23(24(21)27)15-17-9-11-19(29-2)12-10-17/h4-16,25H,3H2,1-2H3. The minimum Gasteiger partial charge on any atom is -0.497 e. The number of carbonyl (C=O) groups excluding carboxylic acids is 2. The first-order chi connectivity index (χ1) is 15.6. The van der Waals surface area contributed by atoms with Gasteiger partial charge in [0.05, 0.1) is 19.3 Å². The molecule has 6 heteroatoms. The summed E-state index contributed by atoms with van der Waals surface area (Å²) in [4.78, 5) is 25.2. The van der Waals surface area contributed by atoms with E-state index >= 15 is 0 Å². The maximum atomic E-state index is 12.7. The average Bonchev–Trinajstić information content (AvgIpc) is 3.13. The molecular weight excluding hydrogens is 408 g/mol. The number of esters is 1. The maximum absolute atomic E-state index is 12.7. The zero-order valence-corrected chi connectivity index (χ0v) is 17.7. The first-order valence-corrected chi connectivity index (χ1v) is 10.2. The Morgan fingerprint density at radius 1 is 1.00 bits per heavy atom. The molecule has 0 bridgehead atoms. The van der Waals surface area contributed by atoms with Crippen LogP contribution in [0.1, 0.15) is 34.5 Å². The lowest BCUT2D eigenvalue weighted by Crippen LogP contribution is -2.21. The van der Waals surface area contributed by atoms with Crippen LogP contribution in [-0.2, 0) is 9.53 Å². The Kier molecular flexibility index (Phi) is 6.22. The van der Waals surface area contributed by atoms with Gasteiger partial charge in [0, 0.05) is 11.6 Å². The molecule has 1 unspecified atom stereocenters. The third kappa shape index (κ3) is 4.49. The van der Waals surface area contributed by atoms with Crippen LogP contribution in [0.5, 0.6) is 17.2 Å². The highest BCUT2D eigenvalue weighted by Gasteiger charge is 2.29. The van der Waals surface area contributed by atoms with E-state index in [4.69, 9.17) is 18.9 Å². The molecule has 0 aliphatic carbocycles.